The van der Waals surface area contributed by atoms with Crippen molar-refractivity contribution < 1.29 is 9.90 Å². The average molecular weight is 245 g/mol. The summed E-state index contributed by atoms with van der Waals surface area (Å²) in [6.07, 6.45) is 3.59. The second kappa shape index (κ2) is 5.35. The Bertz CT molecular complexity index is 535. The number of carboxylic acids is 1. The number of anilines is 1. The maximum atomic E-state index is 11.1. The third-order valence-corrected chi connectivity index (χ3v) is 2.62. The van der Waals surface area contributed by atoms with Gasteiger partial charge in [-0.05, 0) is 25.1 Å². The van der Waals surface area contributed by atoms with Crippen molar-refractivity contribution in [1.82, 2.24) is 9.78 Å². The van der Waals surface area contributed by atoms with Gasteiger partial charge in [0.1, 0.15) is 0 Å². The predicted molar refractivity (Wildman–Crippen MR) is 68.9 cm³/mol. The number of aromatic nitrogens is 2. The topological polar surface area (TPSA) is 67.2 Å². The van der Waals surface area contributed by atoms with Gasteiger partial charge in [-0.15, -0.1) is 0 Å². The summed E-state index contributed by atoms with van der Waals surface area (Å²) in [5, 5.41) is 16.3. The van der Waals surface area contributed by atoms with E-state index in [1.165, 1.54) is 0 Å². The molecule has 2 N–H and O–H groups in total. The molecule has 0 bridgehead atoms. The lowest BCUT2D eigenvalue weighted by Crippen LogP contribution is -2.13. The molecule has 5 nitrogen and oxygen atoms in total. The quantitative estimate of drug-likeness (QED) is 0.845. The lowest BCUT2D eigenvalue weighted by atomic mass is 10.1. The van der Waals surface area contributed by atoms with Crippen molar-refractivity contribution in [2.24, 2.45) is 0 Å². The normalized spacial score (nSPS) is 10.3. The number of nitrogens with zero attached hydrogens (tertiary/aromatic N) is 2. The molecule has 0 atom stereocenters. The molecule has 0 aliphatic rings. The maximum absolute atomic E-state index is 11.1. The maximum Gasteiger partial charge on any atom is 0.337 e. The average Bonchev–Trinajstić information content (AvgIpc) is 2.84. The van der Waals surface area contributed by atoms with Crippen LogP contribution >= 0.6 is 0 Å². The first kappa shape index (κ1) is 12.2. The predicted octanol–water partition coefficient (Wildman–Crippen LogP) is 2.00. The van der Waals surface area contributed by atoms with E-state index >= 15 is 0 Å². The summed E-state index contributed by atoms with van der Waals surface area (Å²) in [6, 6.07) is 7.21. The van der Waals surface area contributed by atoms with Gasteiger partial charge in [0.05, 0.1) is 12.1 Å². The van der Waals surface area contributed by atoms with Crippen LogP contribution in [0, 0.1) is 6.92 Å². The fourth-order valence-corrected chi connectivity index (χ4v) is 1.73. The molecule has 1 aromatic carbocycles. The van der Waals surface area contributed by atoms with Crippen LogP contribution in [0.25, 0.3) is 0 Å². The first-order valence-corrected chi connectivity index (χ1v) is 5.72. The molecule has 0 aliphatic heterocycles. The van der Waals surface area contributed by atoms with Gasteiger partial charge in [-0.2, -0.15) is 5.10 Å². The summed E-state index contributed by atoms with van der Waals surface area (Å²) in [6.45, 7) is 3.20. The molecule has 0 amide bonds. The number of rotatable bonds is 5. The molecule has 0 unspecified atom stereocenters. The molecule has 1 heterocycles. The summed E-state index contributed by atoms with van der Waals surface area (Å²) >= 11 is 0. The fourth-order valence-electron chi connectivity index (χ4n) is 1.73. The van der Waals surface area contributed by atoms with E-state index < -0.39 is 5.97 Å². The second-order valence-corrected chi connectivity index (χ2v) is 4.05. The molecular weight excluding hydrogens is 230 g/mol. The molecule has 0 saturated heterocycles. The van der Waals surface area contributed by atoms with E-state index in [-0.39, 0.29) is 0 Å². The van der Waals surface area contributed by atoms with Gasteiger partial charge in [0.15, 0.2) is 0 Å². The van der Waals surface area contributed by atoms with E-state index in [2.05, 4.69) is 10.4 Å². The van der Waals surface area contributed by atoms with Crippen molar-refractivity contribution in [3.05, 3.63) is 47.8 Å². The Morgan fingerprint density at radius 1 is 1.50 bits per heavy atom. The summed E-state index contributed by atoms with van der Waals surface area (Å²) < 4.78 is 1.79. The van der Waals surface area contributed by atoms with Gasteiger partial charge in [-0.1, -0.05) is 11.6 Å². The van der Waals surface area contributed by atoms with Gasteiger partial charge in [0, 0.05) is 24.6 Å². The highest BCUT2D eigenvalue weighted by Crippen LogP contribution is 2.17. The molecule has 0 radical (unpaired) electrons. The van der Waals surface area contributed by atoms with Crippen molar-refractivity contribution in [1.29, 1.82) is 0 Å². The van der Waals surface area contributed by atoms with Gasteiger partial charge in [0.2, 0.25) is 0 Å². The molecule has 18 heavy (non-hydrogen) atoms. The summed E-state index contributed by atoms with van der Waals surface area (Å²) in [5.74, 6) is -0.916. The third-order valence-electron chi connectivity index (χ3n) is 2.62. The third kappa shape index (κ3) is 2.88. The number of carboxylic acid groups (broad SMARTS) is 1. The number of benzene rings is 1. The van der Waals surface area contributed by atoms with E-state index in [1.54, 1.807) is 23.0 Å². The zero-order chi connectivity index (χ0) is 13.0. The van der Waals surface area contributed by atoms with Crippen molar-refractivity contribution in [3.8, 4) is 0 Å². The number of nitrogens with one attached hydrogen (secondary N) is 1. The molecule has 1 aromatic heterocycles. The highest BCUT2D eigenvalue weighted by Gasteiger charge is 2.09. The molecular formula is C13H15N3O2. The van der Waals surface area contributed by atoms with Gasteiger partial charge < -0.3 is 10.4 Å². The minimum atomic E-state index is -0.916. The van der Waals surface area contributed by atoms with Crippen molar-refractivity contribution >= 4 is 11.7 Å². The smallest absolute Gasteiger partial charge is 0.337 e. The second-order valence-electron chi connectivity index (χ2n) is 4.05. The van der Waals surface area contributed by atoms with Crippen LogP contribution in [-0.4, -0.2) is 27.4 Å². The largest absolute Gasteiger partial charge is 0.478 e. The fraction of sp³-hybridized carbons (Fsp3) is 0.231. The zero-order valence-corrected chi connectivity index (χ0v) is 10.1. The van der Waals surface area contributed by atoms with E-state index in [9.17, 15) is 4.79 Å². The van der Waals surface area contributed by atoms with E-state index in [0.717, 1.165) is 5.56 Å². The van der Waals surface area contributed by atoms with Crippen molar-refractivity contribution in [2.45, 2.75) is 13.5 Å². The lowest BCUT2D eigenvalue weighted by molar-refractivity contribution is 0.0698. The van der Waals surface area contributed by atoms with Gasteiger partial charge in [0.25, 0.3) is 0 Å². The Kier molecular flexibility index (Phi) is 3.62. The Hall–Kier alpha value is -2.30. The minimum absolute atomic E-state index is 0.301. The first-order valence-electron chi connectivity index (χ1n) is 5.72. The van der Waals surface area contributed by atoms with Crippen LogP contribution < -0.4 is 5.32 Å². The first-order chi connectivity index (χ1) is 8.66. The minimum Gasteiger partial charge on any atom is -0.478 e. The van der Waals surface area contributed by atoms with Crippen LogP contribution in [0.5, 0.6) is 0 Å². The van der Waals surface area contributed by atoms with Gasteiger partial charge in [-0.25, -0.2) is 4.79 Å². The van der Waals surface area contributed by atoms with Crippen LogP contribution in [-0.2, 0) is 6.54 Å². The standard InChI is InChI=1S/C13H15N3O2/c1-10-3-4-12(11(9-10)13(17)18)14-6-8-16-7-2-5-15-16/h2-5,7,9,14H,6,8H2,1H3,(H,17,18). The summed E-state index contributed by atoms with van der Waals surface area (Å²) in [7, 11) is 0. The highest BCUT2D eigenvalue weighted by molar-refractivity contribution is 5.94. The van der Waals surface area contributed by atoms with Crippen LogP contribution in [0.4, 0.5) is 5.69 Å². The SMILES string of the molecule is Cc1ccc(NCCn2cccn2)c(C(=O)O)c1. The molecule has 0 spiro atoms. The van der Waals surface area contributed by atoms with E-state index in [4.69, 9.17) is 5.11 Å². The number of hydrogen-bond donors (Lipinski definition) is 2. The van der Waals surface area contributed by atoms with Crippen molar-refractivity contribution in [2.75, 3.05) is 11.9 Å². The van der Waals surface area contributed by atoms with Crippen LogP contribution in [0.2, 0.25) is 0 Å². The van der Waals surface area contributed by atoms with E-state index in [0.29, 0.717) is 24.3 Å². The number of hydrogen-bond acceptors (Lipinski definition) is 3. The van der Waals surface area contributed by atoms with Crippen molar-refractivity contribution in [3.63, 3.8) is 0 Å². The molecule has 5 heteroatoms. The van der Waals surface area contributed by atoms with Gasteiger partial charge >= 0.3 is 5.97 Å². The number of carbonyl (C=O) groups is 1. The molecule has 0 aliphatic carbocycles. The zero-order valence-electron chi connectivity index (χ0n) is 10.1. The molecule has 94 valence electrons. The van der Waals surface area contributed by atoms with Crippen LogP contribution in [0.3, 0.4) is 0 Å². The number of aryl methyl sites for hydroxylation is 1. The summed E-state index contributed by atoms with van der Waals surface area (Å²) in [5.41, 5.74) is 1.88. The summed E-state index contributed by atoms with van der Waals surface area (Å²) in [4.78, 5) is 11.1. The highest BCUT2D eigenvalue weighted by atomic mass is 16.4. The Morgan fingerprint density at radius 2 is 2.33 bits per heavy atom. The Labute approximate surface area is 105 Å². The monoisotopic (exact) mass is 245 g/mol. The van der Waals surface area contributed by atoms with E-state index in [1.807, 2.05) is 25.3 Å². The molecule has 2 aromatic rings. The molecule has 0 saturated carbocycles. The van der Waals surface area contributed by atoms with Gasteiger partial charge in [-0.3, -0.25) is 4.68 Å². The molecule has 0 fully saturated rings. The Balaban J connectivity index is 2.02. The number of aromatic carboxylic acids is 1. The van der Waals surface area contributed by atoms with Crippen LogP contribution in [0.1, 0.15) is 15.9 Å². The van der Waals surface area contributed by atoms with Crippen LogP contribution in [0.15, 0.2) is 36.7 Å². The molecule has 2 rings (SSSR count). The lowest BCUT2D eigenvalue weighted by Gasteiger charge is -2.10. The Morgan fingerprint density at radius 3 is 3.00 bits per heavy atom.